The van der Waals surface area contributed by atoms with E-state index < -0.39 is 18.2 Å². The molecule has 0 fully saturated rings. The second kappa shape index (κ2) is 11.5. The monoisotopic (exact) mass is 397 g/mol. The molecule has 0 saturated carbocycles. The lowest BCUT2D eigenvalue weighted by Gasteiger charge is -2.17. The molecule has 1 unspecified atom stereocenters. The first kappa shape index (κ1) is 22.8. The molecule has 1 N–H and O–H groups in total. The second-order valence-electron chi connectivity index (χ2n) is 6.34. The molecule has 1 amide bonds. The highest BCUT2D eigenvalue weighted by molar-refractivity contribution is 6.32. The first-order chi connectivity index (χ1) is 12.8. The number of rotatable bonds is 9. The first-order valence-corrected chi connectivity index (χ1v) is 9.34. The number of hydrogen-bond donors (Lipinski definition) is 1. The van der Waals surface area contributed by atoms with Crippen LogP contribution in [0.1, 0.15) is 47.0 Å². The van der Waals surface area contributed by atoms with Gasteiger partial charge in [-0.3, -0.25) is 5.32 Å². The fourth-order valence-corrected chi connectivity index (χ4v) is 2.42. The molecule has 1 aromatic carbocycles. The summed E-state index contributed by atoms with van der Waals surface area (Å²) in [5.74, 6) is -0.181. The smallest absolute Gasteiger partial charge is 0.412 e. The summed E-state index contributed by atoms with van der Waals surface area (Å²) in [5, 5.41) is 3.01. The Morgan fingerprint density at radius 1 is 1.30 bits per heavy atom. The van der Waals surface area contributed by atoms with Crippen molar-refractivity contribution < 1.29 is 23.8 Å². The highest BCUT2D eigenvalue weighted by Crippen LogP contribution is 2.29. The van der Waals surface area contributed by atoms with Crippen LogP contribution >= 0.6 is 11.6 Å². The molecule has 1 atom stereocenters. The van der Waals surface area contributed by atoms with Gasteiger partial charge in [-0.05, 0) is 44.9 Å². The van der Waals surface area contributed by atoms with Gasteiger partial charge in [0.25, 0.3) is 0 Å². The number of anilines is 1. The van der Waals surface area contributed by atoms with E-state index in [9.17, 15) is 9.59 Å². The fraction of sp³-hybridized carbons (Fsp3) is 0.500. The standard InChI is InChI=1S/C20H28ClNO5/c1-6-7-8-9-14(4)18(19(23)25-5)27-20(24)22-15-10-11-16(21)17(12-15)26-13(2)3/h9-13,18H,6-8H2,1-5H3,(H,22,24). The Kier molecular flexibility index (Phi) is 9.72. The van der Waals surface area contributed by atoms with Crippen molar-refractivity contribution in [2.45, 2.75) is 59.2 Å². The van der Waals surface area contributed by atoms with Crippen LogP contribution in [0.4, 0.5) is 10.5 Å². The van der Waals surface area contributed by atoms with Gasteiger partial charge in [0.15, 0.2) is 0 Å². The van der Waals surface area contributed by atoms with Crippen LogP contribution in [-0.2, 0) is 14.3 Å². The Balaban J connectivity index is 2.84. The Morgan fingerprint density at radius 2 is 2.00 bits per heavy atom. The van der Waals surface area contributed by atoms with Gasteiger partial charge in [0.1, 0.15) is 5.75 Å². The van der Waals surface area contributed by atoms with Crippen molar-refractivity contribution in [3.05, 3.63) is 34.9 Å². The zero-order chi connectivity index (χ0) is 20.4. The predicted octanol–water partition coefficient (Wildman–Crippen LogP) is 5.35. The third-order valence-electron chi connectivity index (χ3n) is 3.62. The van der Waals surface area contributed by atoms with Gasteiger partial charge in [0.2, 0.25) is 6.10 Å². The zero-order valence-electron chi connectivity index (χ0n) is 16.5. The van der Waals surface area contributed by atoms with E-state index in [1.807, 2.05) is 19.9 Å². The van der Waals surface area contributed by atoms with Crippen molar-refractivity contribution in [1.82, 2.24) is 0 Å². The van der Waals surface area contributed by atoms with Gasteiger partial charge in [-0.15, -0.1) is 0 Å². The Morgan fingerprint density at radius 3 is 2.59 bits per heavy atom. The summed E-state index contributed by atoms with van der Waals surface area (Å²) in [4.78, 5) is 24.2. The number of hydrogen-bond acceptors (Lipinski definition) is 5. The molecule has 0 saturated heterocycles. The van der Waals surface area contributed by atoms with Crippen LogP contribution in [0.5, 0.6) is 5.75 Å². The average Bonchev–Trinajstić information content (AvgIpc) is 2.61. The van der Waals surface area contributed by atoms with Gasteiger partial charge in [-0.25, -0.2) is 9.59 Å². The Hall–Kier alpha value is -2.21. The van der Waals surface area contributed by atoms with Crippen LogP contribution in [0.3, 0.4) is 0 Å². The van der Waals surface area contributed by atoms with Crippen LogP contribution in [0.25, 0.3) is 0 Å². The number of benzene rings is 1. The van der Waals surface area contributed by atoms with Crippen molar-refractivity contribution in [2.75, 3.05) is 12.4 Å². The maximum Gasteiger partial charge on any atom is 0.412 e. The van der Waals surface area contributed by atoms with Crippen LogP contribution in [0.2, 0.25) is 5.02 Å². The molecule has 6 nitrogen and oxygen atoms in total. The molecule has 0 heterocycles. The molecule has 0 spiro atoms. The van der Waals surface area contributed by atoms with Gasteiger partial charge >= 0.3 is 12.1 Å². The maximum atomic E-state index is 12.3. The number of carbonyl (C=O) groups is 2. The predicted molar refractivity (Wildman–Crippen MR) is 106 cm³/mol. The molecule has 27 heavy (non-hydrogen) atoms. The van der Waals surface area contributed by atoms with E-state index in [4.69, 9.17) is 25.8 Å². The lowest BCUT2D eigenvalue weighted by Crippen LogP contribution is -2.31. The van der Waals surface area contributed by atoms with Crippen molar-refractivity contribution >= 4 is 29.4 Å². The molecule has 0 bridgehead atoms. The molecule has 0 radical (unpaired) electrons. The van der Waals surface area contributed by atoms with E-state index >= 15 is 0 Å². The minimum Gasteiger partial charge on any atom is -0.489 e. The number of methoxy groups -OCH3 is 1. The molecule has 0 aliphatic rings. The quantitative estimate of drug-likeness (QED) is 0.345. The Labute approximate surface area is 165 Å². The summed E-state index contributed by atoms with van der Waals surface area (Å²) in [6.07, 6.45) is 2.77. The van der Waals surface area contributed by atoms with Crippen LogP contribution < -0.4 is 10.1 Å². The number of halogens is 1. The SMILES string of the molecule is CCCCC=C(C)C(OC(=O)Nc1ccc(Cl)c(OC(C)C)c1)C(=O)OC. The minimum absolute atomic E-state index is 0.0655. The first-order valence-electron chi connectivity index (χ1n) is 8.96. The number of nitrogens with one attached hydrogen (secondary N) is 1. The van der Waals surface area contributed by atoms with Gasteiger partial charge in [-0.1, -0.05) is 37.4 Å². The summed E-state index contributed by atoms with van der Waals surface area (Å²) < 4.78 is 15.6. The third-order valence-corrected chi connectivity index (χ3v) is 3.93. The van der Waals surface area contributed by atoms with E-state index in [0.29, 0.717) is 22.0 Å². The third kappa shape index (κ3) is 7.91. The summed E-state index contributed by atoms with van der Waals surface area (Å²) in [6.45, 7) is 7.56. The lowest BCUT2D eigenvalue weighted by molar-refractivity contribution is -0.148. The van der Waals surface area contributed by atoms with Crippen molar-refractivity contribution in [2.24, 2.45) is 0 Å². The molecule has 0 aromatic heterocycles. The summed E-state index contributed by atoms with van der Waals surface area (Å²) >= 11 is 6.09. The normalized spacial score (nSPS) is 12.5. The van der Waals surface area contributed by atoms with Crippen LogP contribution in [0.15, 0.2) is 29.8 Å². The van der Waals surface area contributed by atoms with Crippen molar-refractivity contribution in [3.8, 4) is 5.75 Å². The van der Waals surface area contributed by atoms with Crippen molar-refractivity contribution in [1.29, 1.82) is 0 Å². The van der Waals surface area contributed by atoms with Gasteiger partial charge in [0.05, 0.1) is 18.2 Å². The summed E-state index contributed by atoms with van der Waals surface area (Å²) in [6, 6.07) is 4.83. The molecule has 0 aliphatic heterocycles. The van der Waals surface area contributed by atoms with Crippen LogP contribution in [-0.4, -0.2) is 31.4 Å². The van der Waals surface area contributed by atoms with Gasteiger partial charge in [-0.2, -0.15) is 0 Å². The Bertz CT molecular complexity index is 672. The maximum absolute atomic E-state index is 12.3. The van der Waals surface area contributed by atoms with Gasteiger partial charge < -0.3 is 14.2 Å². The minimum atomic E-state index is -1.09. The average molecular weight is 398 g/mol. The number of esters is 1. The molecule has 7 heteroatoms. The summed E-state index contributed by atoms with van der Waals surface area (Å²) in [7, 11) is 1.25. The highest BCUT2D eigenvalue weighted by atomic mass is 35.5. The highest BCUT2D eigenvalue weighted by Gasteiger charge is 2.25. The second-order valence-corrected chi connectivity index (χ2v) is 6.74. The molecular weight excluding hydrogens is 370 g/mol. The van der Waals surface area contributed by atoms with E-state index in [-0.39, 0.29) is 6.10 Å². The molecule has 1 rings (SSSR count). The molecule has 1 aromatic rings. The van der Waals surface area contributed by atoms with Crippen LogP contribution in [0, 0.1) is 0 Å². The molecule has 0 aliphatic carbocycles. The largest absolute Gasteiger partial charge is 0.489 e. The number of amides is 1. The molecular formula is C20H28ClNO5. The van der Waals surface area contributed by atoms with Gasteiger partial charge in [0, 0.05) is 11.8 Å². The molecule has 150 valence electrons. The van der Waals surface area contributed by atoms with E-state index in [1.165, 1.54) is 7.11 Å². The van der Waals surface area contributed by atoms with Crippen molar-refractivity contribution in [3.63, 3.8) is 0 Å². The lowest BCUT2D eigenvalue weighted by atomic mass is 10.1. The zero-order valence-corrected chi connectivity index (χ0v) is 17.3. The topological polar surface area (TPSA) is 73.9 Å². The number of unbranched alkanes of at least 4 members (excludes halogenated alkanes) is 2. The fourth-order valence-electron chi connectivity index (χ4n) is 2.25. The number of ether oxygens (including phenoxy) is 3. The van der Waals surface area contributed by atoms with E-state index in [2.05, 4.69) is 12.2 Å². The van der Waals surface area contributed by atoms with E-state index in [1.54, 1.807) is 25.1 Å². The van der Waals surface area contributed by atoms with E-state index in [0.717, 1.165) is 19.3 Å². The number of carbonyl (C=O) groups excluding carboxylic acids is 2. The summed E-state index contributed by atoms with van der Waals surface area (Å²) in [5.41, 5.74) is 1.07. The number of allylic oxidation sites excluding steroid dienone is 1.